The summed E-state index contributed by atoms with van der Waals surface area (Å²) in [6.45, 7) is 6.52. The Morgan fingerprint density at radius 1 is 1.41 bits per heavy atom. The van der Waals surface area contributed by atoms with Crippen LogP contribution in [-0.4, -0.2) is 46.0 Å². The van der Waals surface area contributed by atoms with E-state index in [2.05, 4.69) is 10.3 Å². The topological polar surface area (TPSA) is 80.7 Å². The lowest BCUT2D eigenvalue weighted by atomic mass is 9.85. The summed E-state index contributed by atoms with van der Waals surface area (Å²) in [4.78, 5) is 16.2. The average Bonchev–Trinajstić information content (AvgIpc) is 2.88. The molecule has 1 aliphatic heterocycles. The SMILES string of the molecule is CC(C)Oc1ccc2ccnc(OC[C@@H]3C[C@@](F)(C(C)(C)O)C(=O)N3)c2c1. The van der Waals surface area contributed by atoms with Gasteiger partial charge >= 0.3 is 0 Å². The highest BCUT2D eigenvalue weighted by atomic mass is 19.1. The quantitative estimate of drug-likeness (QED) is 0.810. The van der Waals surface area contributed by atoms with Crippen molar-refractivity contribution in [2.75, 3.05) is 6.61 Å². The number of carbonyl (C=O) groups excluding carboxylic acids is 1. The highest BCUT2D eigenvalue weighted by Crippen LogP contribution is 2.36. The Bertz CT molecular complexity index is 849. The highest BCUT2D eigenvalue weighted by Gasteiger charge is 2.57. The number of carbonyl (C=O) groups is 1. The minimum absolute atomic E-state index is 0.0386. The number of aliphatic hydroxyl groups is 1. The summed E-state index contributed by atoms with van der Waals surface area (Å²) in [5.41, 5.74) is -4.11. The van der Waals surface area contributed by atoms with Crippen LogP contribution in [0.1, 0.15) is 34.1 Å². The van der Waals surface area contributed by atoms with Crippen LogP contribution in [0, 0.1) is 0 Å². The molecule has 27 heavy (non-hydrogen) atoms. The minimum Gasteiger partial charge on any atom is -0.491 e. The molecule has 2 atom stereocenters. The maximum atomic E-state index is 14.9. The monoisotopic (exact) mass is 376 g/mol. The number of hydrogen-bond donors (Lipinski definition) is 2. The van der Waals surface area contributed by atoms with Gasteiger partial charge in [0.15, 0.2) is 0 Å². The maximum Gasteiger partial charge on any atom is 0.261 e. The number of fused-ring (bicyclic) bond motifs is 1. The van der Waals surface area contributed by atoms with E-state index in [4.69, 9.17) is 9.47 Å². The Balaban J connectivity index is 1.77. The normalized spacial score (nSPS) is 22.9. The number of nitrogens with one attached hydrogen (secondary N) is 1. The number of amides is 1. The van der Waals surface area contributed by atoms with Crippen molar-refractivity contribution in [3.05, 3.63) is 30.5 Å². The van der Waals surface area contributed by atoms with Crippen LogP contribution in [-0.2, 0) is 4.79 Å². The number of nitrogens with zero attached hydrogens (tertiary/aromatic N) is 1. The Morgan fingerprint density at radius 2 is 2.15 bits per heavy atom. The number of ether oxygens (including phenoxy) is 2. The minimum atomic E-state index is -2.34. The van der Waals surface area contributed by atoms with Crippen LogP contribution in [0.25, 0.3) is 10.8 Å². The molecule has 0 radical (unpaired) electrons. The molecular weight excluding hydrogens is 351 g/mol. The number of halogens is 1. The lowest BCUT2D eigenvalue weighted by Crippen LogP contribution is -2.51. The molecule has 7 heteroatoms. The predicted molar refractivity (Wildman–Crippen MR) is 99.7 cm³/mol. The van der Waals surface area contributed by atoms with Gasteiger partial charge in [-0.15, -0.1) is 0 Å². The zero-order valence-corrected chi connectivity index (χ0v) is 16.0. The van der Waals surface area contributed by atoms with Crippen LogP contribution >= 0.6 is 0 Å². The van der Waals surface area contributed by atoms with Gasteiger partial charge in [-0.25, -0.2) is 9.37 Å². The molecule has 1 fully saturated rings. The maximum absolute atomic E-state index is 14.9. The number of rotatable bonds is 6. The summed E-state index contributed by atoms with van der Waals surface area (Å²) in [7, 11) is 0. The first-order valence-electron chi connectivity index (χ1n) is 9.00. The van der Waals surface area contributed by atoms with E-state index in [1.54, 1.807) is 6.20 Å². The second-order valence-electron chi connectivity index (χ2n) is 7.71. The van der Waals surface area contributed by atoms with Crippen LogP contribution < -0.4 is 14.8 Å². The van der Waals surface area contributed by atoms with Crippen molar-refractivity contribution in [1.29, 1.82) is 0 Å². The van der Waals surface area contributed by atoms with E-state index in [-0.39, 0.29) is 19.1 Å². The van der Waals surface area contributed by atoms with E-state index in [0.717, 1.165) is 10.8 Å². The van der Waals surface area contributed by atoms with Crippen molar-refractivity contribution < 1.29 is 23.8 Å². The molecule has 6 nitrogen and oxygen atoms in total. The molecule has 0 spiro atoms. The average molecular weight is 376 g/mol. The summed E-state index contributed by atoms with van der Waals surface area (Å²) < 4.78 is 26.4. The first kappa shape index (κ1) is 19.4. The van der Waals surface area contributed by atoms with Gasteiger partial charge in [-0.3, -0.25) is 4.79 Å². The molecule has 0 bridgehead atoms. The molecule has 1 aromatic carbocycles. The number of hydrogen-bond acceptors (Lipinski definition) is 5. The second-order valence-corrected chi connectivity index (χ2v) is 7.71. The second kappa shape index (κ2) is 6.96. The van der Waals surface area contributed by atoms with Crippen LogP contribution in [0.3, 0.4) is 0 Å². The molecule has 1 aromatic heterocycles. The lowest BCUT2D eigenvalue weighted by molar-refractivity contribution is -0.145. The van der Waals surface area contributed by atoms with Crippen LogP contribution in [0.15, 0.2) is 30.5 Å². The molecule has 1 saturated heterocycles. The number of benzene rings is 1. The summed E-state index contributed by atoms with van der Waals surface area (Å²) in [5, 5.41) is 14.3. The molecule has 2 aromatic rings. The zero-order chi connectivity index (χ0) is 19.8. The summed E-state index contributed by atoms with van der Waals surface area (Å²) in [5.74, 6) is 0.270. The first-order chi connectivity index (χ1) is 12.6. The van der Waals surface area contributed by atoms with E-state index in [9.17, 15) is 14.3 Å². The number of alkyl halides is 1. The molecule has 0 aliphatic carbocycles. The van der Waals surface area contributed by atoms with Gasteiger partial charge in [-0.2, -0.15) is 0 Å². The molecule has 1 amide bonds. The molecule has 2 heterocycles. The van der Waals surface area contributed by atoms with Gasteiger partial charge in [-0.1, -0.05) is 6.07 Å². The Labute approximate surface area is 157 Å². The van der Waals surface area contributed by atoms with E-state index in [0.29, 0.717) is 11.6 Å². The Kier molecular flexibility index (Phi) is 4.99. The van der Waals surface area contributed by atoms with Crippen molar-refractivity contribution >= 4 is 16.7 Å². The van der Waals surface area contributed by atoms with Crippen molar-refractivity contribution in [3.63, 3.8) is 0 Å². The molecule has 1 aliphatic rings. The van der Waals surface area contributed by atoms with E-state index < -0.39 is 23.2 Å². The van der Waals surface area contributed by atoms with E-state index >= 15 is 0 Å². The fourth-order valence-corrected chi connectivity index (χ4v) is 3.17. The molecule has 0 unspecified atom stereocenters. The summed E-state index contributed by atoms with van der Waals surface area (Å²) in [6.07, 6.45) is 1.50. The molecular formula is C20H25FN2O4. The Hall–Kier alpha value is -2.41. The van der Waals surface area contributed by atoms with Gasteiger partial charge < -0.3 is 19.9 Å². The van der Waals surface area contributed by atoms with Gasteiger partial charge in [0.2, 0.25) is 11.5 Å². The molecule has 146 valence electrons. The fraction of sp³-hybridized carbons (Fsp3) is 0.500. The van der Waals surface area contributed by atoms with Crippen molar-refractivity contribution in [2.45, 2.75) is 57.5 Å². The predicted octanol–water partition coefficient (Wildman–Crippen LogP) is 2.77. The van der Waals surface area contributed by atoms with Gasteiger partial charge in [0, 0.05) is 18.0 Å². The van der Waals surface area contributed by atoms with Crippen molar-refractivity contribution in [3.8, 4) is 11.6 Å². The highest BCUT2D eigenvalue weighted by molar-refractivity contribution is 5.89. The molecule has 3 rings (SSSR count). The van der Waals surface area contributed by atoms with Crippen LogP contribution in [0.5, 0.6) is 11.6 Å². The van der Waals surface area contributed by atoms with Crippen molar-refractivity contribution in [1.82, 2.24) is 10.3 Å². The number of aromatic nitrogens is 1. The van der Waals surface area contributed by atoms with E-state index in [1.807, 2.05) is 38.1 Å². The summed E-state index contributed by atoms with van der Waals surface area (Å²) >= 11 is 0. The first-order valence-corrected chi connectivity index (χ1v) is 9.00. The van der Waals surface area contributed by atoms with Gasteiger partial charge in [0.1, 0.15) is 18.0 Å². The molecule has 2 N–H and O–H groups in total. The van der Waals surface area contributed by atoms with Crippen molar-refractivity contribution in [2.24, 2.45) is 0 Å². The number of pyridine rings is 1. The fourth-order valence-electron chi connectivity index (χ4n) is 3.17. The third kappa shape index (κ3) is 3.83. The Morgan fingerprint density at radius 3 is 2.78 bits per heavy atom. The lowest BCUT2D eigenvalue weighted by Gasteiger charge is -2.30. The smallest absolute Gasteiger partial charge is 0.261 e. The van der Waals surface area contributed by atoms with E-state index in [1.165, 1.54) is 13.8 Å². The molecule has 0 saturated carbocycles. The third-order valence-corrected chi connectivity index (χ3v) is 4.69. The summed E-state index contributed by atoms with van der Waals surface area (Å²) in [6, 6.07) is 6.95. The van der Waals surface area contributed by atoms with Gasteiger partial charge in [0.25, 0.3) is 5.91 Å². The van der Waals surface area contributed by atoms with Crippen LogP contribution in [0.4, 0.5) is 4.39 Å². The largest absolute Gasteiger partial charge is 0.491 e. The van der Waals surface area contributed by atoms with Gasteiger partial charge in [0.05, 0.1) is 12.1 Å². The zero-order valence-electron chi connectivity index (χ0n) is 16.0. The third-order valence-electron chi connectivity index (χ3n) is 4.69. The van der Waals surface area contributed by atoms with Crippen LogP contribution in [0.2, 0.25) is 0 Å². The van der Waals surface area contributed by atoms with Gasteiger partial charge in [-0.05, 0) is 51.3 Å². The standard InChI is InChI=1S/C20H25FN2O4/c1-12(2)27-15-6-5-13-7-8-22-17(16(13)9-15)26-11-14-10-20(21,18(24)23-14)19(3,4)25/h5-9,12,14,25H,10-11H2,1-4H3,(H,23,24)/t14-,20-/m0/s1.